The molecular formula is C28H31ClN6O2. The zero-order chi connectivity index (χ0) is 25.5. The lowest BCUT2D eigenvalue weighted by atomic mass is 9.92. The Morgan fingerprint density at radius 3 is 2.62 bits per heavy atom. The van der Waals surface area contributed by atoms with Crippen LogP contribution in [0.1, 0.15) is 44.2 Å². The van der Waals surface area contributed by atoms with Gasteiger partial charge in [-0.15, -0.1) is 0 Å². The van der Waals surface area contributed by atoms with Gasteiger partial charge in [-0.1, -0.05) is 25.4 Å². The number of anilines is 1. The maximum absolute atomic E-state index is 12.9. The number of imide groups is 1. The Balaban J connectivity index is 1.28. The predicted molar refractivity (Wildman–Crippen MR) is 141 cm³/mol. The molecule has 0 bridgehead atoms. The largest absolute Gasteiger partial charge is 0.368 e. The number of hydrogen-bond donors (Lipinski definition) is 1. The number of hydrogen-bond acceptors (Lipinski definition) is 6. The lowest BCUT2D eigenvalue weighted by molar-refractivity contribution is -0.143. The van der Waals surface area contributed by atoms with Crippen molar-refractivity contribution in [1.82, 2.24) is 24.8 Å². The summed E-state index contributed by atoms with van der Waals surface area (Å²) in [7, 11) is 0. The minimum absolute atomic E-state index is 0.0527. The zero-order valence-electron chi connectivity index (χ0n) is 21.2. The molecule has 3 aromatic rings. The molecule has 0 radical (unpaired) electrons. The summed E-state index contributed by atoms with van der Waals surface area (Å²) in [6.45, 7) is 7.36. The fraction of sp³-hybridized carbons (Fsp3) is 0.500. The van der Waals surface area contributed by atoms with Crippen LogP contribution in [0.5, 0.6) is 0 Å². The van der Waals surface area contributed by atoms with Crippen molar-refractivity contribution in [3.63, 3.8) is 0 Å². The van der Waals surface area contributed by atoms with Crippen molar-refractivity contribution in [3.8, 4) is 11.3 Å². The van der Waals surface area contributed by atoms with E-state index in [4.69, 9.17) is 16.6 Å². The molecule has 3 aliphatic heterocycles. The van der Waals surface area contributed by atoms with Gasteiger partial charge in [0, 0.05) is 35.1 Å². The summed E-state index contributed by atoms with van der Waals surface area (Å²) in [5.74, 6) is -0.455. The molecule has 5 heterocycles. The van der Waals surface area contributed by atoms with Gasteiger partial charge in [-0.2, -0.15) is 5.10 Å². The molecule has 4 aliphatic rings. The average molecular weight is 519 g/mol. The molecule has 9 heteroatoms. The molecule has 2 atom stereocenters. The Labute approximate surface area is 221 Å². The van der Waals surface area contributed by atoms with Gasteiger partial charge in [-0.3, -0.25) is 14.5 Å². The van der Waals surface area contributed by atoms with E-state index in [2.05, 4.69) is 21.4 Å². The standard InChI is InChI=1S/C28H31ClN6O2/c1-28(2)22-23(28)27(37)34(26(22)36)13-16-10-21-24(31-15-32-35(21)14-16)20-12-18(29)11-17-4-3-9-33(25(17)20)19-5-7-30-8-6-19/h10-12,14-15,19,22-23,30H,3-9,13H2,1-2H3. The molecule has 7 rings (SSSR count). The van der Waals surface area contributed by atoms with E-state index in [9.17, 15) is 9.59 Å². The number of fused-ring (bicyclic) bond motifs is 3. The van der Waals surface area contributed by atoms with E-state index >= 15 is 0 Å². The van der Waals surface area contributed by atoms with E-state index in [0.29, 0.717) is 11.1 Å². The second kappa shape index (κ2) is 8.27. The molecule has 1 saturated carbocycles. The summed E-state index contributed by atoms with van der Waals surface area (Å²) in [5, 5.41) is 8.64. The topological polar surface area (TPSA) is 82.8 Å². The van der Waals surface area contributed by atoms with Crippen molar-refractivity contribution in [3.05, 3.63) is 46.9 Å². The predicted octanol–water partition coefficient (Wildman–Crippen LogP) is 3.70. The number of nitrogens with zero attached hydrogens (tertiary/aromatic N) is 5. The van der Waals surface area contributed by atoms with E-state index in [1.165, 1.54) is 16.2 Å². The van der Waals surface area contributed by atoms with Gasteiger partial charge in [0.05, 0.1) is 29.6 Å². The Morgan fingerprint density at radius 1 is 1.11 bits per heavy atom. The summed E-state index contributed by atoms with van der Waals surface area (Å²) >= 11 is 6.65. The third kappa shape index (κ3) is 3.52. The molecule has 2 unspecified atom stereocenters. The van der Waals surface area contributed by atoms with Gasteiger partial charge < -0.3 is 10.2 Å². The van der Waals surface area contributed by atoms with E-state index in [1.54, 1.807) is 10.8 Å². The number of benzene rings is 1. The van der Waals surface area contributed by atoms with Crippen LogP contribution in [0.15, 0.2) is 30.7 Å². The summed E-state index contributed by atoms with van der Waals surface area (Å²) in [4.78, 5) is 34.6. The van der Waals surface area contributed by atoms with E-state index in [0.717, 1.165) is 67.7 Å². The molecule has 8 nitrogen and oxygen atoms in total. The Kier molecular flexibility index (Phi) is 5.18. The van der Waals surface area contributed by atoms with E-state index in [-0.39, 0.29) is 35.6 Å². The SMILES string of the molecule is CC1(C)C2C(=O)N(Cc3cc4c(-c5cc(Cl)cc6c5N(C5CCNCC5)CCC6)ncnn4c3)C(=O)C21. The molecule has 37 heavy (non-hydrogen) atoms. The second-order valence-corrected chi connectivity index (χ2v) is 12.0. The molecule has 1 aliphatic carbocycles. The van der Waals surface area contributed by atoms with E-state index in [1.807, 2.05) is 32.2 Å². The van der Waals surface area contributed by atoms with Crippen LogP contribution in [0.3, 0.4) is 0 Å². The first-order valence-corrected chi connectivity index (χ1v) is 13.7. The Bertz CT molecular complexity index is 1420. The molecule has 1 aromatic carbocycles. The highest BCUT2D eigenvalue weighted by Gasteiger charge is 2.72. The van der Waals surface area contributed by atoms with Crippen LogP contribution in [0.2, 0.25) is 5.02 Å². The van der Waals surface area contributed by atoms with Gasteiger partial charge in [0.1, 0.15) is 6.33 Å². The zero-order valence-corrected chi connectivity index (χ0v) is 22.0. The van der Waals surface area contributed by atoms with Crippen LogP contribution in [-0.2, 0) is 22.6 Å². The van der Waals surface area contributed by atoms with Gasteiger partial charge in [0.2, 0.25) is 11.8 Å². The second-order valence-electron chi connectivity index (χ2n) is 11.6. The Hall–Kier alpha value is -2.97. The fourth-order valence-corrected chi connectivity index (χ4v) is 7.26. The molecule has 1 N–H and O–H groups in total. The minimum atomic E-state index is -0.208. The highest BCUT2D eigenvalue weighted by molar-refractivity contribution is 6.31. The number of carbonyl (C=O) groups excluding carboxylic acids is 2. The monoisotopic (exact) mass is 518 g/mol. The molecule has 2 saturated heterocycles. The molecular weight excluding hydrogens is 488 g/mol. The number of likely N-dealkylation sites (tertiary alicyclic amines) is 1. The molecule has 2 amide bonds. The highest BCUT2D eigenvalue weighted by atomic mass is 35.5. The smallest absolute Gasteiger partial charge is 0.233 e. The quantitative estimate of drug-likeness (QED) is 0.530. The lowest BCUT2D eigenvalue weighted by Crippen LogP contribution is -2.45. The van der Waals surface area contributed by atoms with Crippen molar-refractivity contribution in [1.29, 1.82) is 0 Å². The summed E-state index contributed by atoms with van der Waals surface area (Å²) < 4.78 is 1.80. The van der Waals surface area contributed by atoms with Crippen molar-refractivity contribution in [2.45, 2.75) is 52.1 Å². The van der Waals surface area contributed by atoms with Crippen molar-refractivity contribution in [2.75, 3.05) is 24.5 Å². The highest BCUT2D eigenvalue weighted by Crippen LogP contribution is 2.63. The van der Waals surface area contributed by atoms with Gasteiger partial charge >= 0.3 is 0 Å². The fourth-order valence-electron chi connectivity index (χ4n) is 7.02. The van der Waals surface area contributed by atoms with Gasteiger partial charge in [-0.05, 0) is 73.5 Å². The van der Waals surface area contributed by atoms with Crippen molar-refractivity contribution in [2.24, 2.45) is 17.3 Å². The van der Waals surface area contributed by atoms with Crippen LogP contribution < -0.4 is 10.2 Å². The van der Waals surface area contributed by atoms with Gasteiger partial charge in [0.15, 0.2) is 0 Å². The lowest BCUT2D eigenvalue weighted by Gasteiger charge is -2.41. The average Bonchev–Trinajstić information content (AvgIpc) is 3.13. The molecule has 192 valence electrons. The summed E-state index contributed by atoms with van der Waals surface area (Å²) in [6, 6.07) is 6.63. The van der Waals surface area contributed by atoms with Crippen molar-refractivity contribution >= 4 is 34.6 Å². The number of halogens is 1. The number of nitrogens with one attached hydrogen (secondary N) is 1. The van der Waals surface area contributed by atoms with Crippen LogP contribution >= 0.6 is 11.6 Å². The summed E-state index contributed by atoms with van der Waals surface area (Å²) in [5.41, 5.74) is 5.86. The van der Waals surface area contributed by atoms with Crippen molar-refractivity contribution < 1.29 is 9.59 Å². The summed E-state index contributed by atoms with van der Waals surface area (Å²) in [6.07, 6.45) is 7.82. The molecule has 2 aromatic heterocycles. The first-order chi connectivity index (χ1) is 17.8. The van der Waals surface area contributed by atoms with Crippen LogP contribution in [0.25, 0.3) is 16.8 Å². The first-order valence-electron chi connectivity index (χ1n) is 13.3. The number of piperidine rings is 2. The van der Waals surface area contributed by atoms with E-state index < -0.39 is 0 Å². The number of aromatic nitrogens is 3. The van der Waals surface area contributed by atoms with Crippen LogP contribution in [-0.4, -0.2) is 57.0 Å². The third-order valence-corrected chi connectivity index (χ3v) is 9.20. The van der Waals surface area contributed by atoms with Gasteiger partial charge in [0.25, 0.3) is 0 Å². The van der Waals surface area contributed by atoms with Gasteiger partial charge in [-0.25, -0.2) is 9.50 Å². The molecule has 0 spiro atoms. The maximum Gasteiger partial charge on any atom is 0.233 e. The van der Waals surface area contributed by atoms with Crippen LogP contribution in [0.4, 0.5) is 5.69 Å². The first kappa shape index (κ1) is 23.2. The number of carbonyl (C=O) groups is 2. The third-order valence-electron chi connectivity index (χ3n) is 8.99. The Morgan fingerprint density at radius 2 is 1.86 bits per heavy atom. The maximum atomic E-state index is 12.9. The number of rotatable bonds is 4. The van der Waals surface area contributed by atoms with Crippen LogP contribution in [0, 0.1) is 17.3 Å². The number of aryl methyl sites for hydroxylation is 1. The molecule has 3 fully saturated rings. The minimum Gasteiger partial charge on any atom is -0.368 e. The number of amides is 2. The normalized spacial score (nSPS) is 25.1.